The second-order valence-electron chi connectivity index (χ2n) is 5.65. The van der Waals surface area contributed by atoms with Gasteiger partial charge in [-0.05, 0) is 42.4 Å². The fourth-order valence-corrected chi connectivity index (χ4v) is 2.63. The number of benzene rings is 1. The van der Waals surface area contributed by atoms with Gasteiger partial charge in [0.1, 0.15) is 5.75 Å². The van der Waals surface area contributed by atoms with Gasteiger partial charge in [0.15, 0.2) is 0 Å². The summed E-state index contributed by atoms with van der Waals surface area (Å²) in [5.74, 6) is 1.34. The zero-order valence-electron chi connectivity index (χ0n) is 11.7. The molecule has 0 fully saturated rings. The van der Waals surface area contributed by atoms with Crippen molar-refractivity contribution in [3.63, 3.8) is 0 Å². The molecule has 2 rings (SSSR count). The summed E-state index contributed by atoms with van der Waals surface area (Å²) in [6, 6.07) is 6.43. The molecule has 100 valence electrons. The van der Waals surface area contributed by atoms with Crippen molar-refractivity contribution in [3.8, 4) is 5.75 Å². The van der Waals surface area contributed by atoms with Crippen LogP contribution in [-0.2, 0) is 12.8 Å². The molecule has 1 N–H and O–H groups in total. The van der Waals surface area contributed by atoms with E-state index >= 15 is 0 Å². The minimum atomic E-state index is -0.532. The summed E-state index contributed by atoms with van der Waals surface area (Å²) >= 11 is 0. The van der Waals surface area contributed by atoms with Crippen LogP contribution in [0.3, 0.4) is 0 Å². The van der Waals surface area contributed by atoms with Crippen LogP contribution in [0, 0.1) is 5.92 Å². The maximum absolute atomic E-state index is 10.5. The van der Waals surface area contributed by atoms with Crippen LogP contribution in [0.25, 0.3) is 0 Å². The van der Waals surface area contributed by atoms with Crippen LogP contribution in [0.1, 0.15) is 44.7 Å². The third-order valence-corrected chi connectivity index (χ3v) is 4.29. The zero-order valence-corrected chi connectivity index (χ0v) is 11.7. The minimum Gasteiger partial charge on any atom is -0.493 e. The molecule has 2 nitrogen and oxygen atoms in total. The molecule has 0 radical (unpaired) electrons. The first-order valence-electron chi connectivity index (χ1n) is 7.02. The SMILES string of the molecule is CCC(O)(CCc1ccc2c(c1)CCO2)C(C)C. The second-order valence-corrected chi connectivity index (χ2v) is 5.65. The lowest BCUT2D eigenvalue weighted by Crippen LogP contribution is -2.34. The van der Waals surface area contributed by atoms with E-state index in [1.54, 1.807) is 0 Å². The number of rotatable bonds is 5. The zero-order chi connectivity index (χ0) is 13.2. The molecular formula is C16H24O2. The van der Waals surface area contributed by atoms with E-state index < -0.39 is 5.60 Å². The van der Waals surface area contributed by atoms with Crippen LogP contribution < -0.4 is 4.74 Å². The Labute approximate surface area is 110 Å². The number of aliphatic hydroxyl groups is 1. The van der Waals surface area contributed by atoms with E-state index in [9.17, 15) is 5.11 Å². The Morgan fingerprint density at radius 1 is 1.39 bits per heavy atom. The van der Waals surface area contributed by atoms with E-state index in [-0.39, 0.29) is 0 Å². The largest absolute Gasteiger partial charge is 0.493 e. The van der Waals surface area contributed by atoms with Crippen molar-refractivity contribution in [1.29, 1.82) is 0 Å². The summed E-state index contributed by atoms with van der Waals surface area (Å²) in [5, 5.41) is 10.5. The summed E-state index contributed by atoms with van der Waals surface area (Å²) in [6.45, 7) is 7.07. The maximum atomic E-state index is 10.5. The number of fused-ring (bicyclic) bond motifs is 1. The molecule has 0 aliphatic carbocycles. The van der Waals surface area contributed by atoms with Crippen molar-refractivity contribution in [2.24, 2.45) is 5.92 Å². The lowest BCUT2D eigenvalue weighted by molar-refractivity contribution is -0.0162. The van der Waals surface area contributed by atoms with Crippen LogP contribution in [0.5, 0.6) is 5.75 Å². The minimum absolute atomic E-state index is 0.306. The summed E-state index contributed by atoms with van der Waals surface area (Å²) in [5.41, 5.74) is 2.10. The second kappa shape index (κ2) is 5.31. The Morgan fingerprint density at radius 3 is 2.83 bits per heavy atom. The molecule has 0 aromatic heterocycles. The van der Waals surface area contributed by atoms with Crippen LogP contribution in [-0.4, -0.2) is 17.3 Å². The molecule has 0 saturated heterocycles. The Balaban J connectivity index is 2.02. The Morgan fingerprint density at radius 2 is 2.17 bits per heavy atom. The van der Waals surface area contributed by atoms with Crippen molar-refractivity contribution < 1.29 is 9.84 Å². The van der Waals surface area contributed by atoms with E-state index in [0.29, 0.717) is 5.92 Å². The van der Waals surface area contributed by atoms with E-state index in [4.69, 9.17) is 4.74 Å². The summed E-state index contributed by atoms with van der Waals surface area (Å²) in [4.78, 5) is 0. The van der Waals surface area contributed by atoms with Gasteiger partial charge in [-0.2, -0.15) is 0 Å². The Kier molecular flexibility index (Phi) is 3.96. The smallest absolute Gasteiger partial charge is 0.122 e. The van der Waals surface area contributed by atoms with Gasteiger partial charge >= 0.3 is 0 Å². The van der Waals surface area contributed by atoms with Gasteiger partial charge in [0.2, 0.25) is 0 Å². The number of hydrogen-bond donors (Lipinski definition) is 1. The molecule has 0 amide bonds. The highest BCUT2D eigenvalue weighted by atomic mass is 16.5. The average Bonchev–Trinajstić information content (AvgIpc) is 2.82. The van der Waals surface area contributed by atoms with Gasteiger partial charge in [-0.3, -0.25) is 0 Å². The molecule has 0 spiro atoms. The van der Waals surface area contributed by atoms with E-state index in [2.05, 4.69) is 39.0 Å². The first-order valence-corrected chi connectivity index (χ1v) is 7.02. The molecule has 0 saturated carbocycles. The lowest BCUT2D eigenvalue weighted by Gasteiger charge is -2.31. The van der Waals surface area contributed by atoms with Gasteiger partial charge in [0.25, 0.3) is 0 Å². The summed E-state index contributed by atoms with van der Waals surface area (Å²) < 4.78 is 5.51. The molecule has 1 heterocycles. The molecule has 0 bridgehead atoms. The van der Waals surface area contributed by atoms with Crippen molar-refractivity contribution >= 4 is 0 Å². The van der Waals surface area contributed by atoms with E-state index in [0.717, 1.165) is 38.0 Å². The van der Waals surface area contributed by atoms with Gasteiger partial charge in [-0.25, -0.2) is 0 Å². The summed E-state index contributed by atoms with van der Waals surface area (Å²) in [6.07, 6.45) is 3.61. The first-order chi connectivity index (χ1) is 8.55. The highest BCUT2D eigenvalue weighted by Gasteiger charge is 2.28. The highest BCUT2D eigenvalue weighted by molar-refractivity contribution is 5.39. The fraction of sp³-hybridized carbons (Fsp3) is 0.625. The monoisotopic (exact) mass is 248 g/mol. The predicted molar refractivity (Wildman–Crippen MR) is 74.0 cm³/mol. The molecule has 18 heavy (non-hydrogen) atoms. The van der Waals surface area contributed by atoms with Gasteiger partial charge in [0, 0.05) is 6.42 Å². The van der Waals surface area contributed by atoms with Crippen LogP contribution in [0.2, 0.25) is 0 Å². The van der Waals surface area contributed by atoms with Gasteiger partial charge in [-0.1, -0.05) is 32.9 Å². The molecule has 1 unspecified atom stereocenters. The Hall–Kier alpha value is -1.02. The standard InChI is InChI=1S/C16H24O2/c1-4-16(17,12(2)3)9-7-13-5-6-15-14(11-13)8-10-18-15/h5-6,11-12,17H,4,7-10H2,1-3H3. The lowest BCUT2D eigenvalue weighted by atomic mass is 9.82. The topological polar surface area (TPSA) is 29.5 Å². The first kappa shape index (κ1) is 13.4. The molecule has 1 aliphatic heterocycles. The average molecular weight is 248 g/mol. The third-order valence-electron chi connectivity index (χ3n) is 4.29. The van der Waals surface area contributed by atoms with Crippen LogP contribution in [0.4, 0.5) is 0 Å². The highest BCUT2D eigenvalue weighted by Crippen LogP contribution is 2.29. The molecule has 1 aliphatic rings. The maximum Gasteiger partial charge on any atom is 0.122 e. The quantitative estimate of drug-likeness (QED) is 0.866. The van der Waals surface area contributed by atoms with Gasteiger partial charge in [-0.15, -0.1) is 0 Å². The number of aryl methyl sites for hydroxylation is 1. The Bertz CT molecular complexity index is 412. The van der Waals surface area contributed by atoms with Crippen molar-refractivity contribution in [2.75, 3.05) is 6.61 Å². The fourth-order valence-electron chi connectivity index (χ4n) is 2.63. The number of ether oxygens (including phenoxy) is 1. The normalized spacial score (nSPS) is 17.4. The third kappa shape index (κ3) is 2.69. The predicted octanol–water partition coefficient (Wildman–Crippen LogP) is 3.35. The molecule has 1 aromatic carbocycles. The van der Waals surface area contributed by atoms with Crippen molar-refractivity contribution in [2.45, 2.75) is 52.1 Å². The van der Waals surface area contributed by atoms with Crippen molar-refractivity contribution in [3.05, 3.63) is 29.3 Å². The van der Waals surface area contributed by atoms with Gasteiger partial charge in [0.05, 0.1) is 12.2 Å². The summed E-state index contributed by atoms with van der Waals surface area (Å²) in [7, 11) is 0. The van der Waals surface area contributed by atoms with E-state index in [1.807, 2.05) is 0 Å². The van der Waals surface area contributed by atoms with Crippen LogP contribution in [0.15, 0.2) is 18.2 Å². The molecular weight excluding hydrogens is 224 g/mol. The van der Waals surface area contributed by atoms with Crippen molar-refractivity contribution in [1.82, 2.24) is 0 Å². The molecule has 2 heteroatoms. The number of hydrogen-bond acceptors (Lipinski definition) is 2. The van der Waals surface area contributed by atoms with Crippen LogP contribution >= 0.6 is 0 Å². The molecule has 1 aromatic rings. The van der Waals surface area contributed by atoms with Gasteiger partial charge < -0.3 is 9.84 Å². The molecule has 1 atom stereocenters. The van der Waals surface area contributed by atoms with E-state index in [1.165, 1.54) is 11.1 Å².